The summed E-state index contributed by atoms with van der Waals surface area (Å²) in [5.74, 6) is 0.346. The Labute approximate surface area is 99.6 Å². The second-order valence-electron chi connectivity index (χ2n) is 3.07. The van der Waals surface area contributed by atoms with Crippen molar-refractivity contribution in [3.8, 4) is 0 Å². The van der Waals surface area contributed by atoms with Crippen LogP contribution in [0.15, 0.2) is 27.6 Å². The summed E-state index contributed by atoms with van der Waals surface area (Å²) >= 11 is 3.26. The van der Waals surface area contributed by atoms with Crippen molar-refractivity contribution in [1.82, 2.24) is 20.4 Å². The van der Waals surface area contributed by atoms with E-state index in [0.29, 0.717) is 24.6 Å². The quantitative estimate of drug-likeness (QED) is 0.882. The van der Waals surface area contributed by atoms with Gasteiger partial charge in [0.25, 0.3) is 5.91 Å². The molecule has 1 amide bonds. The van der Waals surface area contributed by atoms with E-state index in [1.807, 2.05) is 0 Å². The van der Waals surface area contributed by atoms with Crippen molar-refractivity contribution in [1.29, 1.82) is 0 Å². The molecule has 84 valence electrons. The average Bonchev–Trinajstić information content (AvgIpc) is 2.89. The highest BCUT2D eigenvalue weighted by atomic mass is 79.9. The van der Waals surface area contributed by atoms with Gasteiger partial charge in [-0.2, -0.15) is 4.98 Å². The minimum absolute atomic E-state index is 0.162. The number of aromatic nitrogens is 3. The lowest BCUT2D eigenvalue weighted by Gasteiger charge is -2.00. The van der Waals surface area contributed by atoms with Crippen molar-refractivity contribution in [2.24, 2.45) is 0 Å². The molecule has 2 rings (SSSR count). The summed E-state index contributed by atoms with van der Waals surface area (Å²) in [5, 5.41) is 6.20. The number of rotatable bonds is 4. The molecule has 2 heterocycles. The molecule has 0 aliphatic heterocycles. The molecular formula is C9H9BrN4O2. The van der Waals surface area contributed by atoms with Crippen LogP contribution < -0.4 is 5.32 Å². The molecule has 2 aromatic heterocycles. The fraction of sp³-hybridized carbons (Fsp3) is 0.222. The zero-order valence-electron chi connectivity index (χ0n) is 8.24. The molecule has 0 saturated heterocycles. The molecule has 7 heteroatoms. The number of H-pyrrole nitrogens is 1. The highest BCUT2D eigenvalue weighted by molar-refractivity contribution is 9.10. The zero-order valence-corrected chi connectivity index (χ0v) is 9.82. The van der Waals surface area contributed by atoms with Crippen LogP contribution in [-0.2, 0) is 6.42 Å². The molecule has 0 aliphatic carbocycles. The summed E-state index contributed by atoms with van der Waals surface area (Å²) in [7, 11) is 0. The van der Waals surface area contributed by atoms with Crippen molar-refractivity contribution < 1.29 is 9.32 Å². The van der Waals surface area contributed by atoms with Gasteiger partial charge in [0.1, 0.15) is 5.69 Å². The van der Waals surface area contributed by atoms with E-state index in [0.717, 1.165) is 4.47 Å². The van der Waals surface area contributed by atoms with Crippen molar-refractivity contribution in [2.75, 3.05) is 6.54 Å². The topological polar surface area (TPSA) is 83.8 Å². The molecule has 2 aromatic rings. The SMILES string of the molecule is O=C(NCCc1ncno1)c1cc(Br)c[nH]1. The monoisotopic (exact) mass is 284 g/mol. The number of hydrogen-bond donors (Lipinski definition) is 2. The van der Waals surface area contributed by atoms with Gasteiger partial charge < -0.3 is 14.8 Å². The fourth-order valence-corrected chi connectivity index (χ4v) is 1.53. The average molecular weight is 285 g/mol. The van der Waals surface area contributed by atoms with Gasteiger partial charge in [0.15, 0.2) is 6.33 Å². The van der Waals surface area contributed by atoms with Crippen molar-refractivity contribution in [3.05, 3.63) is 34.6 Å². The van der Waals surface area contributed by atoms with Gasteiger partial charge in [-0.3, -0.25) is 4.79 Å². The Morgan fingerprint density at radius 1 is 1.62 bits per heavy atom. The summed E-state index contributed by atoms with van der Waals surface area (Å²) in [6, 6.07) is 1.71. The number of carbonyl (C=O) groups is 1. The largest absolute Gasteiger partial charge is 0.356 e. The van der Waals surface area contributed by atoms with Crippen LogP contribution in [0.1, 0.15) is 16.4 Å². The normalized spacial score (nSPS) is 10.3. The summed E-state index contributed by atoms with van der Waals surface area (Å²) in [6.07, 6.45) is 3.56. The van der Waals surface area contributed by atoms with Crippen molar-refractivity contribution >= 4 is 21.8 Å². The van der Waals surface area contributed by atoms with Gasteiger partial charge in [-0.25, -0.2) is 0 Å². The summed E-state index contributed by atoms with van der Waals surface area (Å²) in [6.45, 7) is 0.456. The number of aromatic amines is 1. The number of nitrogens with zero attached hydrogens (tertiary/aromatic N) is 2. The molecule has 0 bridgehead atoms. The predicted molar refractivity (Wildman–Crippen MR) is 58.8 cm³/mol. The minimum atomic E-state index is -0.162. The minimum Gasteiger partial charge on any atom is -0.356 e. The molecule has 0 atom stereocenters. The second-order valence-corrected chi connectivity index (χ2v) is 3.99. The van der Waals surface area contributed by atoms with E-state index in [1.54, 1.807) is 12.3 Å². The zero-order chi connectivity index (χ0) is 11.4. The van der Waals surface area contributed by atoms with Crippen LogP contribution >= 0.6 is 15.9 Å². The summed E-state index contributed by atoms with van der Waals surface area (Å²) in [5.41, 5.74) is 0.511. The Morgan fingerprint density at radius 3 is 3.12 bits per heavy atom. The second kappa shape index (κ2) is 4.93. The van der Waals surface area contributed by atoms with E-state index in [9.17, 15) is 4.79 Å². The summed E-state index contributed by atoms with van der Waals surface area (Å²) < 4.78 is 5.64. The van der Waals surface area contributed by atoms with Gasteiger partial charge in [0, 0.05) is 23.6 Å². The third-order valence-electron chi connectivity index (χ3n) is 1.92. The van der Waals surface area contributed by atoms with E-state index in [4.69, 9.17) is 4.52 Å². The van der Waals surface area contributed by atoms with Crippen LogP contribution in [0, 0.1) is 0 Å². The Morgan fingerprint density at radius 2 is 2.50 bits per heavy atom. The van der Waals surface area contributed by atoms with Gasteiger partial charge in [-0.05, 0) is 22.0 Å². The lowest BCUT2D eigenvalue weighted by Crippen LogP contribution is -2.25. The third kappa shape index (κ3) is 2.69. The van der Waals surface area contributed by atoms with Crippen LogP contribution in [0.3, 0.4) is 0 Å². The molecule has 0 unspecified atom stereocenters. The van der Waals surface area contributed by atoms with E-state index < -0.39 is 0 Å². The number of carbonyl (C=O) groups excluding carboxylic acids is 1. The molecule has 0 fully saturated rings. The molecule has 6 nitrogen and oxygen atoms in total. The van der Waals surface area contributed by atoms with E-state index in [1.165, 1.54) is 6.33 Å². The van der Waals surface area contributed by atoms with Crippen molar-refractivity contribution in [3.63, 3.8) is 0 Å². The van der Waals surface area contributed by atoms with E-state index in [-0.39, 0.29) is 5.91 Å². The van der Waals surface area contributed by atoms with Crippen LogP contribution in [0.5, 0.6) is 0 Å². The first-order valence-corrected chi connectivity index (χ1v) is 5.42. The molecular weight excluding hydrogens is 276 g/mol. The number of nitrogens with one attached hydrogen (secondary N) is 2. The first-order valence-electron chi connectivity index (χ1n) is 4.63. The van der Waals surface area contributed by atoms with Crippen LogP contribution in [0.25, 0.3) is 0 Å². The number of amides is 1. The van der Waals surface area contributed by atoms with Gasteiger partial charge in [0.2, 0.25) is 5.89 Å². The lowest BCUT2D eigenvalue weighted by molar-refractivity contribution is 0.0949. The molecule has 0 aliphatic rings. The Hall–Kier alpha value is -1.63. The number of hydrogen-bond acceptors (Lipinski definition) is 4. The highest BCUT2D eigenvalue weighted by Crippen LogP contribution is 2.10. The first-order chi connectivity index (χ1) is 7.75. The maximum Gasteiger partial charge on any atom is 0.267 e. The first kappa shape index (κ1) is 10.9. The van der Waals surface area contributed by atoms with Gasteiger partial charge in [-0.1, -0.05) is 5.16 Å². The Kier molecular flexibility index (Phi) is 3.35. The van der Waals surface area contributed by atoms with E-state index in [2.05, 4.69) is 36.4 Å². The third-order valence-corrected chi connectivity index (χ3v) is 2.38. The van der Waals surface area contributed by atoms with Gasteiger partial charge >= 0.3 is 0 Å². The van der Waals surface area contributed by atoms with Crippen LogP contribution in [0.4, 0.5) is 0 Å². The highest BCUT2D eigenvalue weighted by Gasteiger charge is 2.07. The van der Waals surface area contributed by atoms with E-state index >= 15 is 0 Å². The Bertz CT molecular complexity index is 466. The predicted octanol–water partition coefficient (Wildman–Crippen LogP) is 1.13. The standard InChI is InChI=1S/C9H9BrN4O2/c10-6-3-7(12-4-6)9(15)11-2-1-8-13-5-14-16-8/h3-5,12H,1-2H2,(H,11,15). The molecule has 16 heavy (non-hydrogen) atoms. The van der Waals surface area contributed by atoms with Crippen molar-refractivity contribution in [2.45, 2.75) is 6.42 Å². The maximum absolute atomic E-state index is 11.6. The molecule has 0 aromatic carbocycles. The lowest BCUT2D eigenvalue weighted by atomic mass is 10.3. The molecule has 0 radical (unpaired) electrons. The van der Waals surface area contributed by atoms with Crippen LogP contribution in [0.2, 0.25) is 0 Å². The number of halogens is 1. The maximum atomic E-state index is 11.6. The molecule has 2 N–H and O–H groups in total. The molecule has 0 spiro atoms. The summed E-state index contributed by atoms with van der Waals surface area (Å²) in [4.78, 5) is 18.2. The van der Waals surface area contributed by atoms with Crippen LogP contribution in [-0.4, -0.2) is 27.6 Å². The smallest absolute Gasteiger partial charge is 0.267 e. The molecule has 0 saturated carbocycles. The van der Waals surface area contributed by atoms with Gasteiger partial charge in [-0.15, -0.1) is 0 Å². The Balaban J connectivity index is 1.80. The van der Waals surface area contributed by atoms with Gasteiger partial charge in [0.05, 0.1) is 0 Å². The fourth-order valence-electron chi connectivity index (χ4n) is 1.18.